The summed E-state index contributed by atoms with van der Waals surface area (Å²) in [5.74, 6) is 0.237. The molecule has 19 heavy (non-hydrogen) atoms. The highest BCUT2D eigenvalue weighted by atomic mass is 16.3. The third-order valence-electron chi connectivity index (χ3n) is 3.33. The fourth-order valence-electron chi connectivity index (χ4n) is 2.37. The van der Waals surface area contributed by atoms with Crippen LogP contribution >= 0.6 is 0 Å². The van der Waals surface area contributed by atoms with Gasteiger partial charge in [0.1, 0.15) is 17.9 Å². The molecular weight excluding hydrogens is 250 g/mol. The lowest BCUT2D eigenvalue weighted by molar-refractivity contribution is 0.0795. The van der Waals surface area contributed by atoms with Crippen LogP contribution in [-0.2, 0) is 0 Å². The Hall–Kier alpha value is -2.03. The average Bonchev–Trinajstić information content (AvgIpc) is 2.92. The minimum absolute atomic E-state index is 0.237. The molecule has 1 aliphatic carbocycles. The van der Waals surface area contributed by atoms with E-state index in [4.69, 9.17) is 10.8 Å². The van der Waals surface area contributed by atoms with E-state index in [1.807, 2.05) is 0 Å². The fourth-order valence-corrected chi connectivity index (χ4v) is 2.37. The second-order valence-corrected chi connectivity index (χ2v) is 4.41. The SMILES string of the molecule is Nc1ncnc2c1ncn2C1[C@H](O)C(CO)=C[C@@H]1O. The van der Waals surface area contributed by atoms with Crippen LogP contribution in [0.5, 0.6) is 0 Å². The minimum Gasteiger partial charge on any atom is -0.392 e. The second kappa shape index (κ2) is 4.26. The Balaban J connectivity index is 2.09. The van der Waals surface area contributed by atoms with E-state index in [0.717, 1.165) is 0 Å². The predicted octanol–water partition coefficient (Wildman–Crippen LogP) is -1.40. The number of aromatic nitrogens is 4. The molecular formula is C11H13N5O3. The number of rotatable bonds is 2. The zero-order valence-corrected chi connectivity index (χ0v) is 9.88. The van der Waals surface area contributed by atoms with Crippen molar-refractivity contribution in [2.24, 2.45) is 0 Å². The van der Waals surface area contributed by atoms with Gasteiger partial charge in [-0.3, -0.25) is 0 Å². The number of fused-ring (bicyclic) bond motifs is 1. The highest BCUT2D eigenvalue weighted by Crippen LogP contribution is 2.32. The van der Waals surface area contributed by atoms with Crippen LogP contribution in [0, 0.1) is 0 Å². The molecule has 3 rings (SSSR count). The summed E-state index contributed by atoms with van der Waals surface area (Å²) in [6.07, 6.45) is 2.26. The first-order valence-electron chi connectivity index (χ1n) is 5.74. The summed E-state index contributed by atoms with van der Waals surface area (Å²) in [7, 11) is 0. The van der Waals surface area contributed by atoms with E-state index in [1.165, 1.54) is 18.7 Å². The van der Waals surface area contributed by atoms with E-state index >= 15 is 0 Å². The number of aliphatic hydroxyl groups is 3. The molecule has 0 amide bonds. The third-order valence-corrected chi connectivity index (χ3v) is 3.33. The van der Waals surface area contributed by atoms with Crippen molar-refractivity contribution < 1.29 is 15.3 Å². The second-order valence-electron chi connectivity index (χ2n) is 4.41. The molecule has 0 aromatic carbocycles. The molecule has 8 heteroatoms. The number of hydrogen-bond donors (Lipinski definition) is 4. The highest BCUT2D eigenvalue weighted by molar-refractivity contribution is 5.81. The summed E-state index contributed by atoms with van der Waals surface area (Å²) in [6.45, 7) is -0.307. The summed E-state index contributed by atoms with van der Waals surface area (Å²) >= 11 is 0. The van der Waals surface area contributed by atoms with Gasteiger partial charge in [-0.2, -0.15) is 0 Å². The Bertz CT molecular complexity index is 653. The molecule has 0 spiro atoms. The topological polar surface area (TPSA) is 130 Å². The van der Waals surface area contributed by atoms with Crippen molar-refractivity contribution in [3.8, 4) is 0 Å². The normalized spacial score (nSPS) is 26.9. The van der Waals surface area contributed by atoms with Crippen LogP contribution in [-0.4, -0.2) is 53.7 Å². The molecule has 0 radical (unpaired) electrons. The van der Waals surface area contributed by atoms with Crippen LogP contribution in [0.2, 0.25) is 0 Å². The average molecular weight is 263 g/mol. The van der Waals surface area contributed by atoms with E-state index in [0.29, 0.717) is 16.7 Å². The largest absolute Gasteiger partial charge is 0.392 e. The Morgan fingerprint density at radius 1 is 1.26 bits per heavy atom. The van der Waals surface area contributed by atoms with E-state index in [-0.39, 0.29) is 12.4 Å². The van der Waals surface area contributed by atoms with E-state index in [9.17, 15) is 10.2 Å². The molecule has 100 valence electrons. The van der Waals surface area contributed by atoms with Gasteiger partial charge in [0.05, 0.1) is 25.1 Å². The van der Waals surface area contributed by atoms with E-state index in [2.05, 4.69) is 15.0 Å². The monoisotopic (exact) mass is 263 g/mol. The van der Waals surface area contributed by atoms with Crippen molar-refractivity contribution in [3.05, 3.63) is 24.3 Å². The lowest BCUT2D eigenvalue weighted by Gasteiger charge is -2.21. The molecule has 2 heterocycles. The van der Waals surface area contributed by atoms with Gasteiger partial charge in [0.15, 0.2) is 11.5 Å². The van der Waals surface area contributed by atoms with Gasteiger partial charge in [-0.25, -0.2) is 15.0 Å². The summed E-state index contributed by atoms with van der Waals surface area (Å²) in [6, 6.07) is -0.679. The van der Waals surface area contributed by atoms with E-state index < -0.39 is 18.2 Å². The van der Waals surface area contributed by atoms with Gasteiger partial charge in [0.25, 0.3) is 0 Å². The van der Waals surface area contributed by atoms with Crippen LogP contribution < -0.4 is 5.73 Å². The van der Waals surface area contributed by atoms with Gasteiger partial charge in [-0.1, -0.05) is 0 Å². The molecule has 2 aromatic heterocycles. The Kier molecular flexibility index (Phi) is 2.70. The van der Waals surface area contributed by atoms with Crippen molar-refractivity contribution in [1.82, 2.24) is 19.5 Å². The molecule has 0 bridgehead atoms. The van der Waals surface area contributed by atoms with Gasteiger partial charge < -0.3 is 25.6 Å². The maximum Gasteiger partial charge on any atom is 0.165 e. The molecule has 1 unspecified atom stereocenters. The van der Waals surface area contributed by atoms with Crippen LogP contribution in [0.1, 0.15) is 6.04 Å². The molecule has 8 nitrogen and oxygen atoms in total. The number of aliphatic hydroxyl groups excluding tert-OH is 3. The van der Waals surface area contributed by atoms with Crippen molar-refractivity contribution in [2.45, 2.75) is 18.2 Å². The maximum absolute atomic E-state index is 10.1. The smallest absolute Gasteiger partial charge is 0.165 e. The molecule has 0 saturated heterocycles. The Labute approximate surface area is 107 Å². The van der Waals surface area contributed by atoms with Crippen LogP contribution in [0.4, 0.5) is 5.82 Å². The summed E-state index contributed by atoms with van der Waals surface area (Å²) in [5, 5.41) is 29.2. The van der Waals surface area contributed by atoms with Gasteiger partial charge in [-0.15, -0.1) is 0 Å². The maximum atomic E-state index is 10.1. The summed E-state index contributed by atoms with van der Waals surface area (Å²) < 4.78 is 1.54. The van der Waals surface area contributed by atoms with Gasteiger partial charge in [0.2, 0.25) is 0 Å². The molecule has 0 saturated carbocycles. The molecule has 0 aliphatic heterocycles. The summed E-state index contributed by atoms with van der Waals surface area (Å²) in [4.78, 5) is 12.0. The van der Waals surface area contributed by atoms with Crippen LogP contribution in [0.15, 0.2) is 24.3 Å². The zero-order valence-electron chi connectivity index (χ0n) is 9.88. The third kappa shape index (κ3) is 1.69. The number of nitrogens with zero attached hydrogens (tertiary/aromatic N) is 4. The van der Waals surface area contributed by atoms with Gasteiger partial charge >= 0.3 is 0 Å². The number of nitrogens with two attached hydrogens (primary N) is 1. The molecule has 2 aromatic rings. The molecule has 5 N–H and O–H groups in total. The zero-order chi connectivity index (χ0) is 13.6. The first-order valence-corrected chi connectivity index (χ1v) is 5.74. The number of anilines is 1. The fraction of sp³-hybridized carbons (Fsp3) is 0.364. The summed E-state index contributed by atoms with van der Waals surface area (Å²) in [5.41, 5.74) is 6.91. The van der Waals surface area contributed by atoms with Gasteiger partial charge in [-0.05, 0) is 11.6 Å². The first kappa shape index (κ1) is 12.0. The predicted molar refractivity (Wildman–Crippen MR) is 66.0 cm³/mol. The van der Waals surface area contributed by atoms with Crippen molar-refractivity contribution in [1.29, 1.82) is 0 Å². The van der Waals surface area contributed by atoms with Crippen molar-refractivity contribution in [2.75, 3.05) is 12.3 Å². The number of imidazole rings is 1. The minimum atomic E-state index is -0.992. The van der Waals surface area contributed by atoms with Crippen molar-refractivity contribution in [3.63, 3.8) is 0 Å². The molecule has 0 fully saturated rings. The Morgan fingerprint density at radius 3 is 2.74 bits per heavy atom. The lowest BCUT2D eigenvalue weighted by atomic mass is 10.1. The molecule has 1 aliphatic rings. The lowest BCUT2D eigenvalue weighted by Crippen LogP contribution is -2.29. The number of nitrogen functional groups attached to an aromatic ring is 1. The van der Waals surface area contributed by atoms with Gasteiger partial charge in [0, 0.05) is 0 Å². The van der Waals surface area contributed by atoms with E-state index in [1.54, 1.807) is 4.57 Å². The number of hydrogen-bond acceptors (Lipinski definition) is 7. The highest BCUT2D eigenvalue weighted by Gasteiger charge is 2.37. The van der Waals surface area contributed by atoms with Crippen LogP contribution in [0.25, 0.3) is 11.2 Å². The van der Waals surface area contributed by atoms with Crippen LogP contribution in [0.3, 0.4) is 0 Å². The first-order chi connectivity index (χ1) is 9.13. The Morgan fingerprint density at radius 2 is 2.05 bits per heavy atom. The van der Waals surface area contributed by atoms with Crippen molar-refractivity contribution >= 4 is 17.0 Å². The standard InChI is InChI=1S/C11H13N5O3/c12-10-7-11(14-3-13-10)16(4-15-7)8-6(18)1-5(2-17)9(8)19/h1,3-4,6,8-9,17-19H,2H2,(H2,12,13,14)/t6-,8?,9+/m0/s1. The quantitative estimate of drug-likeness (QED) is 0.490. The molecule has 3 atom stereocenters.